The molecule has 19 nitrogen and oxygen atoms in total. The van der Waals surface area contributed by atoms with Crippen LogP contribution in [0.4, 0.5) is 0 Å². The molecule has 3 rings (SSSR count). The molecule has 0 saturated carbocycles. The molecule has 17 unspecified atom stereocenters. The van der Waals surface area contributed by atoms with Gasteiger partial charge in [0.25, 0.3) is 0 Å². The third kappa shape index (κ3) is 30.4. The van der Waals surface area contributed by atoms with Crippen LogP contribution in [-0.4, -0.2) is 193 Å². The van der Waals surface area contributed by atoms with E-state index in [2.05, 4.69) is 43.5 Å². The molecule has 3 heterocycles. The van der Waals surface area contributed by atoms with Crippen LogP contribution in [0, 0.1) is 0 Å². The van der Waals surface area contributed by atoms with Crippen molar-refractivity contribution in [1.29, 1.82) is 0 Å². The van der Waals surface area contributed by atoms with Gasteiger partial charge in [-0.2, -0.15) is 0 Å². The number of carbonyl (C=O) groups excluding carboxylic acids is 1. The highest BCUT2D eigenvalue weighted by atomic mass is 16.8. The van der Waals surface area contributed by atoms with Crippen LogP contribution in [0.1, 0.15) is 245 Å². The van der Waals surface area contributed by atoms with Crippen LogP contribution in [0.15, 0.2) is 24.3 Å². The molecule has 0 aromatic heterocycles. The normalized spacial score (nSPS) is 29.5. The lowest BCUT2D eigenvalue weighted by Gasteiger charge is -2.48. The maximum absolute atomic E-state index is 13.4. The summed E-state index contributed by atoms with van der Waals surface area (Å²) in [5.74, 6) is -0.243. The van der Waals surface area contributed by atoms with Crippen LogP contribution in [0.3, 0.4) is 0 Å². The third-order valence-corrected chi connectivity index (χ3v) is 16.8. The molecule has 0 radical (unpaired) electrons. The first-order valence-corrected chi connectivity index (χ1v) is 33.1. The van der Waals surface area contributed by atoms with E-state index in [4.69, 9.17) is 28.4 Å². The van der Waals surface area contributed by atoms with Crippen molar-refractivity contribution in [3.05, 3.63) is 24.3 Å². The highest BCUT2D eigenvalue weighted by Crippen LogP contribution is 2.33. The van der Waals surface area contributed by atoms with Crippen LogP contribution < -0.4 is 5.32 Å². The summed E-state index contributed by atoms with van der Waals surface area (Å²) >= 11 is 0. The van der Waals surface area contributed by atoms with Crippen LogP contribution >= 0.6 is 0 Å². The Hall–Kier alpha value is -1.73. The van der Waals surface area contributed by atoms with Crippen LogP contribution in [-0.2, 0) is 33.2 Å². The second kappa shape index (κ2) is 47.3. The Kier molecular flexibility index (Phi) is 43.0. The lowest BCUT2D eigenvalue weighted by atomic mass is 9.96. The first kappa shape index (κ1) is 75.5. The maximum atomic E-state index is 13.4. The summed E-state index contributed by atoms with van der Waals surface area (Å²) in [6, 6.07) is -0.885. The van der Waals surface area contributed by atoms with E-state index in [0.29, 0.717) is 12.8 Å². The SMILES string of the molecule is CCCCCCC/C=C\C/C=C\CCCCCCCCCCCCCCCC(=O)NC(COC1OC(CO)C(OC2OC(CO)C(OC3OC(CO)C(O)C(O)C3O)C(O)C2O)C(O)C1O)C(O)CCCCCCCCCCCCCCC. The van der Waals surface area contributed by atoms with Crippen molar-refractivity contribution in [2.24, 2.45) is 0 Å². The van der Waals surface area contributed by atoms with E-state index in [1.807, 2.05) is 0 Å². The highest BCUT2D eigenvalue weighted by molar-refractivity contribution is 5.76. The molecule has 0 aromatic rings. The zero-order valence-electron chi connectivity index (χ0n) is 51.2. The fourth-order valence-corrected chi connectivity index (χ4v) is 11.3. The average Bonchev–Trinajstić information content (AvgIpc) is 3.57. The van der Waals surface area contributed by atoms with Gasteiger partial charge in [-0.1, -0.05) is 218 Å². The molecular weight excluding hydrogens is 1070 g/mol. The van der Waals surface area contributed by atoms with Gasteiger partial charge in [0.15, 0.2) is 18.9 Å². The number of rotatable bonds is 50. The fraction of sp³-hybridized carbons (Fsp3) is 0.922. The monoisotopic (exact) mass is 1190 g/mol. The van der Waals surface area contributed by atoms with E-state index in [0.717, 1.165) is 51.4 Å². The van der Waals surface area contributed by atoms with Crippen molar-refractivity contribution in [3.8, 4) is 0 Å². The number of allylic oxidation sites excluding steroid dienone is 4. The molecule has 0 spiro atoms. The van der Waals surface area contributed by atoms with Gasteiger partial charge in [0.05, 0.1) is 38.6 Å². The Morgan fingerprint density at radius 1 is 0.434 bits per heavy atom. The number of aliphatic hydroxyl groups excluding tert-OH is 11. The van der Waals surface area contributed by atoms with Crippen LogP contribution in [0.25, 0.3) is 0 Å². The number of nitrogens with one attached hydrogen (secondary N) is 1. The standard InChI is InChI=1S/C64H119NO18/c1-3-5-7-9-11-13-15-17-18-19-20-21-22-23-24-25-26-27-28-30-32-34-36-38-40-42-52(70)65-47(48(69)41-39-37-35-33-31-29-16-14-12-10-8-6-4-2)46-78-62-58(76)55(73)60(50(44-67)80-62)83-64-59(77)56(74)61(51(45-68)81-64)82-63-57(75)54(72)53(71)49(43-66)79-63/h15,17,19-20,47-51,53-64,66-69,71-77H,3-14,16,18,21-46H2,1-2H3,(H,65,70)/b17-15-,20-19-. The summed E-state index contributed by atoms with van der Waals surface area (Å²) in [5.41, 5.74) is 0. The number of hydrogen-bond acceptors (Lipinski definition) is 18. The zero-order chi connectivity index (χ0) is 60.5. The van der Waals surface area contributed by atoms with Crippen molar-refractivity contribution < 1.29 is 89.4 Å². The number of unbranched alkanes of at least 4 members (excludes halogenated alkanes) is 30. The quantitative estimate of drug-likeness (QED) is 0.0207. The summed E-state index contributed by atoms with van der Waals surface area (Å²) in [4.78, 5) is 13.4. The summed E-state index contributed by atoms with van der Waals surface area (Å²) in [7, 11) is 0. The Morgan fingerprint density at radius 3 is 1.23 bits per heavy atom. The van der Waals surface area contributed by atoms with E-state index in [1.165, 1.54) is 161 Å². The van der Waals surface area contributed by atoms with Gasteiger partial charge in [0, 0.05) is 6.42 Å². The molecule has 0 bridgehead atoms. The van der Waals surface area contributed by atoms with E-state index in [-0.39, 0.29) is 18.9 Å². The molecule has 12 N–H and O–H groups in total. The predicted octanol–water partition coefficient (Wildman–Crippen LogP) is 7.49. The molecule has 83 heavy (non-hydrogen) atoms. The molecule has 3 aliphatic rings. The van der Waals surface area contributed by atoms with Gasteiger partial charge >= 0.3 is 0 Å². The van der Waals surface area contributed by atoms with Gasteiger partial charge in [-0.3, -0.25) is 4.79 Å². The lowest BCUT2D eigenvalue weighted by molar-refractivity contribution is -0.379. The van der Waals surface area contributed by atoms with Crippen LogP contribution in [0.5, 0.6) is 0 Å². The van der Waals surface area contributed by atoms with Gasteiger partial charge in [0.2, 0.25) is 5.91 Å². The smallest absolute Gasteiger partial charge is 0.220 e. The number of carbonyl (C=O) groups is 1. The van der Waals surface area contributed by atoms with Gasteiger partial charge in [-0.15, -0.1) is 0 Å². The van der Waals surface area contributed by atoms with Crippen molar-refractivity contribution >= 4 is 5.91 Å². The van der Waals surface area contributed by atoms with Crippen LogP contribution in [0.2, 0.25) is 0 Å². The molecule has 19 heteroatoms. The molecule has 1 amide bonds. The van der Waals surface area contributed by atoms with Gasteiger partial charge in [-0.25, -0.2) is 0 Å². The minimum atomic E-state index is -1.97. The molecule has 3 aliphatic heterocycles. The molecular formula is C64H119NO18. The largest absolute Gasteiger partial charge is 0.394 e. The molecule has 3 fully saturated rings. The molecule has 3 saturated heterocycles. The second-order valence-electron chi connectivity index (χ2n) is 23.9. The predicted molar refractivity (Wildman–Crippen MR) is 319 cm³/mol. The van der Waals surface area contributed by atoms with Gasteiger partial charge in [0.1, 0.15) is 73.2 Å². The van der Waals surface area contributed by atoms with E-state index >= 15 is 0 Å². The fourth-order valence-electron chi connectivity index (χ4n) is 11.3. The van der Waals surface area contributed by atoms with Gasteiger partial charge < -0.3 is 89.9 Å². The topological polar surface area (TPSA) is 307 Å². The highest BCUT2D eigenvalue weighted by Gasteiger charge is 2.53. The Bertz CT molecular complexity index is 1610. The van der Waals surface area contributed by atoms with Crippen molar-refractivity contribution in [3.63, 3.8) is 0 Å². The number of hydrogen-bond donors (Lipinski definition) is 12. The first-order valence-electron chi connectivity index (χ1n) is 33.1. The van der Waals surface area contributed by atoms with E-state index < -0.39 is 124 Å². The molecule has 488 valence electrons. The Morgan fingerprint density at radius 2 is 0.795 bits per heavy atom. The minimum absolute atomic E-state index is 0.243. The second-order valence-corrected chi connectivity index (χ2v) is 23.9. The first-order chi connectivity index (χ1) is 40.3. The van der Waals surface area contributed by atoms with Crippen molar-refractivity contribution in [1.82, 2.24) is 5.32 Å². The zero-order valence-corrected chi connectivity index (χ0v) is 51.2. The summed E-state index contributed by atoms with van der Waals surface area (Å²) in [5, 5.41) is 120. The Labute approximate surface area is 498 Å². The van der Waals surface area contributed by atoms with Crippen molar-refractivity contribution in [2.45, 2.75) is 349 Å². The number of aliphatic hydroxyl groups is 11. The summed E-state index contributed by atoms with van der Waals surface area (Å²) in [6.07, 6.45) is 24.0. The van der Waals surface area contributed by atoms with E-state index in [9.17, 15) is 61.0 Å². The summed E-state index contributed by atoms with van der Waals surface area (Å²) in [6.45, 7) is 1.79. The number of ether oxygens (including phenoxy) is 6. The maximum Gasteiger partial charge on any atom is 0.220 e. The molecule has 17 atom stereocenters. The Balaban J connectivity index is 1.42. The average molecular weight is 1190 g/mol. The lowest BCUT2D eigenvalue weighted by Crippen LogP contribution is -2.66. The number of amides is 1. The third-order valence-electron chi connectivity index (χ3n) is 16.8. The summed E-state index contributed by atoms with van der Waals surface area (Å²) < 4.78 is 34.4. The molecule has 0 aromatic carbocycles. The van der Waals surface area contributed by atoms with E-state index in [1.54, 1.807) is 0 Å². The van der Waals surface area contributed by atoms with Gasteiger partial charge in [-0.05, 0) is 44.9 Å². The molecule has 0 aliphatic carbocycles. The minimum Gasteiger partial charge on any atom is -0.394 e. The van der Waals surface area contributed by atoms with Crippen molar-refractivity contribution in [2.75, 3.05) is 26.4 Å².